The Hall–Kier alpha value is -3.54. The molecule has 2 N–H and O–H groups in total. The highest BCUT2D eigenvalue weighted by molar-refractivity contribution is 6.03. The molecule has 0 unspecified atom stereocenters. The van der Waals surface area contributed by atoms with E-state index in [4.69, 9.17) is 9.47 Å². The normalized spacial score (nSPS) is 11.9. The summed E-state index contributed by atoms with van der Waals surface area (Å²) in [5.74, 6) is 1.31. The van der Waals surface area contributed by atoms with Crippen LogP contribution in [0.3, 0.4) is 0 Å². The Kier molecular flexibility index (Phi) is 4.85. The maximum Gasteiger partial charge on any atom is 0.274 e. The van der Waals surface area contributed by atoms with E-state index in [0.29, 0.717) is 12.2 Å². The Labute approximate surface area is 163 Å². The summed E-state index contributed by atoms with van der Waals surface area (Å²) < 4.78 is 10.7. The number of para-hydroxylation sites is 1. The second-order valence-electron chi connectivity index (χ2n) is 6.69. The van der Waals surface area contributed by atoms with Gasteiger partial charge in [-0.25, -0.2) is 4.98 Å². The van der Waals surface area contributed by atoms with Gasteiger partial charge in [0.15, 0.2) is 11.5 Å². The lowest BCUT2D eigenvalue weighted by Gasteiger charge is -2.11. The molecule has 0 saturated carbocycles. The molecule has 0 aliphatic carbocycles. The molecule has 0 bridgehead atoms. The van der Waals surface area contributed by atoms with Crippen LogP contribution in [-0.2, 0) is 6.54 Å². The fourth-order valence-corrected chi connectivity index (χ4v) is 3.08. The summed E-state index contributed by atoms with van der Waals surface area (Å²) in [6, 6.07) is 15.3. The third-order valence-electron chi connectivity index (χ3n) is 4.65. The zero-order valence-electron chi connectivity index (χ0n) is 15.8. The Morgan fingerprint density at radius 3 is 2.57 bits per heavy atom. The summed E-state index contributed by atoms with van der Waals surface area (Å²) >= 11 is 0. The second kappa shape index (κ2) is 7.60. The number of amides is 1. The SMILES string of the molecule is Cc1cccc(C)c1NC(=O)c1ccc(NCc2ccc3c(c2)OCO3)cn1. The molecule has 0 atom stereocenters. The van der Waals surface area contributed by atoms with E-state index < -0.39 is 0 Å². The molecule has 142 valence electrons. The third kappa shape index (κ3) is 3.76. The number of hydrogen-bond acceptors (Lipinski definition) is 5. The van der Waals surface area contributed by atoms with Crippen molar-refractivity contribution in [2.24, 2.45) is 0 Å². The van der Waals surface area contributed by atoms with E-state index in [9.17, 15) is 4.79 Å². The summed E-state index contributed by atoms with van der Waals surface area (Å²) in [6.07, 6.45) is 1.66. The number of anilines is 2. The lowest BCUT2D eigenvalue weighted by Crippen LogP contribution is -2.15. The molecule has 4 rings (SSSR count). The summed E-state index contributed by atoms with van der Waals surface area (Å²) in [4.78, 5) is 16.8. The van der Waals surface area contributed by atoms with Gasteiger partial charge in [-0.15, -0.1) is 0 Å². The van der Waals surface area contributed by atoms with Crippen LogP contribution in [0.5, 0.6) is 11.5 Å². The van der Waals surface area contributed by atoms with Crippen LogP contribution < -0.4 is 20.1 Å². The standard InChI is InChI=1S/C22H21N3O3/c1-14-4-3-5-15(2)21(14)25-22(26)18-8-7-17(12-24-18)23-11-16-6-9-19-20(10-16)28-13-27-19/h3-10,12,23H,11,13H2,1-2H3,(H,25,26). The Morgan fingerprint density at radius 2 is 1.82 bits per heavy atom. The molecule has 3 aromatic rings. The predicted molar refractivity (Wildman–Crippen MR) is 108 cm³/mol. The maximum atomic E-state index is 12.5. The maximum absolute atomic E-state index is 12.5. The Morgan fingerprint density at radius 1 is 1.04 bits per heavy atom. The number of nitrogens with zero attached hydrogens (tertiary/aromatic N) is 1. The van der Waals surface area contributed by atoms with Crippen LogP contribution in [0, 0.1) is 13.8 Å². The molecule has 1 aromatic heterocycles. The van der Waals surface area contributed by atoms with Crippen molar-refractivity contribution in [3.63, 3.8) is 0 Å². The van der Waals surface area contributed by atoms with E-state index in [0.717, 1.165) is 39.6 Å². The fraction of sp³-hybridized carbons (Fsp3) is 0.182. The highest BCUT2D eigenvalue weighted by atomic mass is 16.7. The number of aromatic nitrogens is 1. The van der Waals surface area contributed by atoms with E-state index in [2.05, 4.69) is 15.6 Å². The van der Waals surface area contributed by atoms with Crippen molar-refractivity contribution < 1.29 is 14.3 Å². The first-order valence-electron chi connectivity index (χ1n) is 9.06. The van der Waals surface area contributed by atoms with Crippen molar-refractivity contribution in [2.75, 3.05) is 17.4 Å². The number of carbonyl (C=O) groups is 1. The molecular weight excluding hydrogens is 354 g/mol. The zero-order valence-corrected chi connectivity index (χ0v) is 15.8. The number of hydrogen-bond donors (Lipinski definition) is 2. The molecule has 6 heteroatoms. The van der Waals surface area contributed by atoms with Crippen LogP contribution in [0.1, 0.15) is 27.2 Å². The number of benzene rings is 2. The topological polar surface area (TPSA) is 72.5 Å². The minimum Gasteiger partial charge on any atom is -0.454 e. The summed E-state index contributed by atoms with van der Waals surface area (Å²) in [5.41, 5.74) is 5.16. The summed E-state index contributed by atoms with van der Waals surface area (Å²) in [5, 5.41) is 6.24. The monoisotopic (exact) mass is 375 g/mol. The van der Waals surface area contributed by atoms with Crippen LogP contribution >= 0.6 is 0 Å². The first-order valence-corrected chi connectivity index (χ1v) is 9.06. The van der Waals surface area contributed by atoms with Gasteiger partial charge in [0, 0.05) is 12.2 Å². The van der Waals surface area contributed by atoms with Crippen molar-refractivity contribution in [1.29, 1.82) is 0 Å². The quantitative estimate of drug-likeness (QED) is 0.696. The van der Waals surface area contributed by atoms with Gasteiger partial charge in [0.2, 0.25) is 6.79 Å². The fourth-order valence-electron chi connectivity index (χ4n) is 3.08. The molecule has 0 spiro atoms. The average Bonchev–Trinajstić information content (AvgIpc) is 3.17. The molecule has 2 aromatic carbocycles. The minimum absolute atomic E-state index is 0.222. The lowest BCUT2D eigenvalue weighted by molar-refractivity contribution is 0.102. The molecule has 0 radical (unpaired) electrons. The van der Waals surface area contributed by atoms with Crippen LogP contribution in [0.4, 0.5) is 11.4 Å². The smallest absolute Gasteiger partial charge is 0.274 e. The van der Waals surface area contributed by atoms with Gasteiger partial charge in [-0.1, -0.05) is 24.3 Å². The largest absolute Gasteiger partial charge is 0.454 e. The number of rotatable bonds is 5. The average molecular weight is 375 g/mol. The summed E-state index contributed by atoms with van der Waals surface area (Å²) in [6.45, 7) is 4.83. The number of carbonyl (C=O) groups excluding carboxylic acids is 1. The van der Waals surface area contributed by atoms with Gasteiger partial charge >= 0.3 is 0 Å². The number of pyridine rings is 1. The van der Waals surface area contributed by atoms with Crippen LogP contribution in [0.15, 0.2) is 54.7 Å². The van der Waals surface area contributed by atoms with Crippen molar-refractivity contribution in [3.8, 4) is 11.5 Å². The lowest BCUT2D eigenvalue weighted by atomic mass is 10.1. The Bertz CT molecular complexity index is 996. The zero-order chi connectivity index (χ0) is 19.5. The molecule has 0 fully saturated rings. The first-order chi connectivity index (χ1) is 13.6. The van der Waals surface area contributed by atoms with Gasteiger partial charge in [-0.2, -0.15) is 0 Å². The van der Waals surface area contributed by atoms with Gasteiger partial charge in [-0.3, -0.25) is 4.79 Å². The van der Waals surface area contributed by atoms with E-state index in [1.165, 1.54) is 0 Å². The van der Waals surface area contributed by atoms with Crippen molar-refractivity contribution in [3.05, 3.63) is 77.1 Å². The first kappa shape index (κ1) is 17.9. The predicted octanol–water partition coefficient (Wildman–Crippen LogP) is 4.29. The second-order valence-corrected chi connectivity index (χ2v) is 6.69. The molecule has 1 aliphatic heterocycles. The highest BCUT2D eigenvalue weighted by Gasteiger charge is 2.13. The van der Waals surface area contributed by atoms with Gasteiger partial charge < -0.3 is 20.1 Å². The third-order valence-corrected chi connectivity index (χ3v) is 4.65. The van der Waals surface area contributed by atoms with E-state index in [-0.39, 0.29) is 12.7 Å². The molecule has 2 heterocycles. The van der Waals surface area contributed by atoms with Gasteiger partial charge in [0.1, 0.15) is 5.69 Å². The molecule has 28 heavy (non-hydrogen) atoms. The van der Waals surface area contributed by atoms with Crippen LogP contribution in [0.2, 0.25) is 0 Å². The molecule has 1 amide bonds. The summed E-state index contributed by atoms with van der Waals surface area (Å²) in [7, 11) is 0. The number of nitrogens with one attached hydrogen (secondary N) is 2. The molecule has 0 saturated heterocycles. The van der Waals surface area contributed by atoms with Gasteiger partial charge in [0.05, 0.1) is 11.9 Å². The van der Waals surface area contributed by atoms with E-state index >= 15 is 0 Å². The van der Waals surface area contributed by atoms with Gasteiger partial charge in [-0.05, 0) is 54.8 Å². The number of aryl methyl sites for hydroxylation is 2. The van der Waals surface area contributed by atoms with E-state index in [1.807, 2.05) is 56.3 Å². The Balaban J connectivity index is 1.39. The highest BCUT2D eigenvalue weighted by Crippen LogP contribution is 2.32. The molecule has 1 aliphatic rings. The number of ether oxygens (including phenoxy) is 2. The minimum atomic E-state index is -0.222. The molecule has 6 nitrogen and oxygen atoms in total. The van der Waals surface area contributed by atoms with Crippen molar-refractivity contribution in [2.45, 2.75) is 20.4 Å². The van der Waals surface area contributed by atoms with Crippen molar-refractivity contribution >= 4 is 17.3 Å². The van der Waals surface area contributed by atoms with Gasteiger partial charge in [0.25, 0.3) is 5.91 Å². The number of fused-ring (bicyclic) bond motifs is 1. The van der Waals surface area contributed by atoms with E-state index in [1.54, 1.807) is 12.3 Å². The van der Waals surface area contributed by atoms with Crippen LogP contribution in [0.25, 0.3) is 0 Å². The molecular formula is C22H21N3O3. The van der Waals surface area contributed by atoms with Crippen molar-refractivity contribution in [1.82, 2.24) is 4.98 Å². The van der Waals surface area contributed by atoms with Crippen LogP contribution in [-0.4, -0.2) is 17.7 Å².